The SMILES string of the molecule is CN1CCNC(S(=O)(=O)C2CCCC2)C1. The molecule has 88 valence electrons. The molecule has 1 N–H and O–H groups in total. The molecule has 0 aromatic carbocycles. The Morgan fingerprint density at radius 3 is 2.53 bits per heavy atom. The molecule has 1 aliphatic carbocycles. The molecule has 0 bridgehead atoms. The largest absolute Gasteiger partial charge is 0.303 e. The highest BCUT2D eigenvalue weighted by Crippen LogP contribution is 2.27. The zero-order valence-electron chi connectivity index (χ0n) is 9.28. The van der Waals surface area contributed by atoms with E-state index in [9.17, 15) is 8.42 Å². The summed E-state index contributed by atoms with van der Waals surface area (Å²) in [4.78, 5) is 2.09. The van der Waals surface area contributed by atoms with Crippen molar-refractivity contribution in [3.05, 3.63) is 0 Å². The first-order valence-corrected chi connectivity index (χ1v) is 7.36. The van der Waals surface area contributed by atoms with E-state index in [1.807, 2.05) is 7.05 Å². The Bertz CT molecular complexity index is 309. The van der Waals surface area contributed by atoms with E-state index in [0.717, 1.165) is 38.8 Å². The van der Waals surface area contributed by atoms with Gasteiger partial charge in [0.2, 0.25) is 0 Å². The van der Waals surface area contributed by atoms with E-state index >= 15 is 0 Å². The fourth-order valence-corrected chi connectivity index (χ4v) is 4.79. The molecule has 1 saturated heterocycles. The van der Waals surface area contributed by atoms with Gasteiger partial charge in [-0.3, -0.25) is 5.32 Å². The van der Waals surface area contributed by atoms with Crippen molar-refractivity contribution in [1.82, 2.24) is 10.2 Å². The zero-order valence-corrected chi connectivity index (χ0v) is 10.1. The molecule has 0 aromatic rings. The molecular weight excluding hydrogens is 212 g/mol. The van der Waals surface area contributed by atoms with Gasteiger partial charge in [0.1, 0.15) is 5.37 Å². The van der Waals surface area contributed by atoms with E-state index in [1.54, 1.807) is 0 Å². The maximum atomic E-state index is 12.2. The summed E-state index contributed by atoms with van der Waals surface area (Å²) in [6.07, 6.45) is 3.88. The van der Waals surface area contributed by atoms with Crippen molar-refractivity contribution in [3.63, 3.8) is 0 Å². The highest BCUT2D eigenvalue weighted by molar-refractivity contribution is 7.92. The van der Waals surface area contributed by atoms with E-state index in [2.05, 4.69) is 10.2 Å². The minimum Gasteiger partial charge on any atom is -0.303 e. The van der Waals surface area contributed by atoms with Crippen LogP contribution in [-0.4, -0.2) is 50.6 Å². The summed E-state index contributed by atoms with van der Waals surface area (Å²) in [5.41, 5.74) is 0. The Balaban J connectivity index is 2.07. The van der Waals surface area contributed by atoms with Crippen LogP contribution in [0.3, 0.4) is 0 Å². The average Bonchev–Trinajstić information content (AvgIpc) is 2.71. The average molecular weight is 232 g/mol. The van der Waals surface area contributed by atoms with Gasteiger partial charge in [0.15, 0.2) is 9.84 Å². The highest BCUT2D eigenvalue weighted by Gasteiger charge is 2.37. The summed E-state index contributed by atoms with van der Waals surface area (Å²) in [5.74, 6) is 0. The van der Waals surface area contributed by atoms with Crippen LogP contribution < -0.4 is 5.32 Å². The van der Waals surface area contributed by atoms with Crippen molar-refractivity contribution in [3.8, 4) is 0 Å². The van der Waals surface area contributed by atoms with E-state index in [-0.39, 0.29) is 10.6 Å². The molecule has 2 fully saturated rings. The number of piperazine rings is 1. The van der Waals surface area contributed by atoms with Crippen LogP contribution in [0.1, 0.15) is 25.7 Å². The van der Waals surface area contributed by atoms with Gasteiger partial charge in [0.25, 0.3) is 0 Å². The molecular formula is C10H20N2O2S. The van der Waals surface area contributed by atoms with Crippen LogP contribution in [0.15, 0.2) is 0 Å². The van der Waals surface area contributed by atoms with Crippen LogP contribution in [-0.2, 0) is 9.84 Å². The quantitative estimate of drug-likeness (QED) is 0.739. The molecule has 0 amide bonds. The topological polar surface area (TPSA) is 49.4 Å². The molecule has 2 aliphatic rings. The van der Waals surface area contributed by atoms with Gasteiger partial charge in [-0.15, -0.1) is 0 Å². The monoisotopic (exact) mass is 232 g/mol. The summed E-state index contributed by atoms with van der Waals surface area (Å²) < 4.78 is 24.5. The van der Waals surface area contributed by atoms with Gasteiger partial charge in [-0.1, -0.05) is 12.8 Å². The van der Waals surface area contributed by atoms with Crippen molar-refractivity contribution in [2.24, 2.45) is 0 Å². The Morgan fingerprint density at radius 2 is 1.93 bits per heavy atom. The molecule has 5 heteroatoms. The summed E-state index contributed by atoms with van der Waals surface area (Å²) in [6.45, 7) is 2.36. The second-order valence-electron chi connectivity index (χ2n) is 4.70. The van der Waals surface area contributed by atoms with Gasteiger partial charge in [-0.05, 0) is 19.9 Å². The molecule has 15 heavy (non-hydrogen) atoms. The second-order valence-corrected chi connectivity index (χ2v) is 7.11. The lowest BCUT2D eigenvalue weighted by Crippen LogP contribution is -2.54. The number of likely N-dealkylation sites (N-methyl/N-ethyl adjacent to an activating group) is 1. The number of nitrogens with one attached hydrogen (secondary N) is 1. The fourth-order valence-electron chi connectivity index (χ4n) is 2.52. The minimum absolute atomic E-state index is 0.0819. The molecule has 2 rings (SSSR count). The normalized spacial score (nSPS) is 30.9. The predicted molar refractivity (Wildman–Crippen MR) is 60.5 cm³/mol. The number of hydrogen-bond acceptors (Lipinski definition) is 4. The maximum Gasteiger partial charge on any atom is 0.170 e. The van der Waals surface area contributed by atoms with E-state index in [0.29, 0.717) is 6.54 Å². The van der Waals surface area contributed by atoms with Crippen LogP contribution in [0.4, 0.5) is 0 Å². The Hall–Kier alpha value is -0.130. The van der Waals surface area contributed by atoms with E-state index < -0.39 is 9.84 Å². The standard InChI is InChI=1S/C10H20N2O2S/c1-12-7-6-11-10(8-12)15(13,14)9-4-2-3-5-9/h9-11H,2-8H2,1H3. The third kappa shape index (κ3) is 2.34. The highest BCUT2D eigenvalue weighted by atomic mass is 32.2. The van der Waals surface area contributed by atoms with E-state index in [4.69, 9.17) is 0 Å². The third-order valence-electron chi connectivity index (χ3n) is 3.51. The lowest BCUT2D eigenvalue weighted by Gasteiger charge is -2.32. The molecule has 0 aromatic heterocycles. The summed E-state index contributed by atoms with van der Waals surface area (Å²) in [7, 11) is -0.963. The van der Waals surface area contributed by atoms with Gasteiger partial charge in [-0.2, -0.15) is 0 Å². The molecule has 1 atom stereocenters. The summed E-state index contributed by atoms with van der Waals surface area (Å²) in [5, 5.41) is 2.72. The molecule has 0 spiro atoms. The Labute approximate surface area is 91.9 Å². The predicted octanol–water partition coefficient (Wildman–Crippen LogP) is 0.205. The lowest BCUT2D eigenvalue weighted by molar-refractivity contribution is 0.271. The van der Waals surface area contributed by atoms with Crippen molar-refractivity contribution < 1.29 is 8.42 Å². The first-order valence-electron chi connectivity index (χ1n) is 5.75. The van der Waals surface area contributed by atoms with Gasteiger partial charge >= 0.3 is 0 Å². The van der Waals surface area contributed by atoms with Crippen LogP contribution >= 0.6 is 0 Å². The van der Waals surface area contributed by atoms with Crippen molar-refractivity contribution >= 4 is 9.84 Å². The molecule has 1 saturated carbocycles. The van der Waals surface area contributed by atoms with Crippen LogP contribution in [0.25, 0.3) is 0 Å². The van der Waals surface area contributed by atoms with Crippen molar-refractivity contribution in [1.29, 1.82) is 0 Å². The summed E-state index contributed by atoms with van der Waals surface area (Å²) in [6, 6.07) is 0. The number of nitrogens with zero attached hydrogens (tertiary/aromatic N) is 1. The molecule has 1 aliphatic heterocycles. The molecule has 1 heterocycles. The Kier molecular flexibility index (Phi) is 3.33. The number of sulfone groups is 1. The first kappa shape index (κ1) is 11.4. The van der Waals surface area contributed by atoms with Gasteiger partial charge < -0.3 is 4.90 Å². The lowest BCUT2D eigenvalue weighted by atomic mass is 10.4. The van der Waals surface area contributed by atoms with Crippen LogP contribution in [0.2, 0.25) is 0 Å². The Morgan fingerprint density at radius 1 is 1.27 bits per heavy atom. The fraction of sp³-hybridized carbons (Fsp3) is 1.00. The zero-order chi connectivity index (χ0) is 10.9. The molecule has 0 radical (unpaired) electrons. The van der Waals surface area contributed by atoms with Crippen molar-refractivity contribution in [2.75, 3.05) is 26.7 Å². The summed E-state index contributed by atoms with van der Waals surface area (Å²) >= 11 is 0. The van der Waals surface area contributed by atoms with E-state index in [1.165, 1.54) is 0 Å². The van der Waals surface area contributed by atoms with Gasteiger partial charge in [0.05, 0.1) is 5.25 Å². The first-order chi connectivity index (χ1) is 7.10. The van der Waals surface area contributed by atoms with Gasteiger partial charge in [0, 0.05) is 19.6 Å². The number of hydrogen-bond donors (Lipinski definition) is 1. The van der Waals surface area contributed by atoms with Crippen molar-refractivity contribution in [2.45, 2.75) is 36.3 Å². The van der Waals surface area contributed by atoms with Gasteiger partial charge in [-0.25, -0.2) is 8.42 Å². The number of rotatable bonds is 2. The second kappa shape index (κ2) is 4.39. The van der Waals surface area contributed by atoms with Crippen LogP contribution in [0.5, 0.6) is 0 Å². The minimum atomic E-state index is -2.95. The third-order valence-corrected chi connectivity index (χ3v) is 6.02. The van der Waals surface area contributed by atoms with Crippen LogP contribution in [0, 0.1) is 0 Å². The smallest absolute Gasteiger partial charge is 0.170 e. The molecule has 1 unspecified atom stereocenters. The molecule has 4 nitrogen and oxygen atoms in total. The maximum absolute atomic E-state index is 12.2.